The highest BCUT2D eigenvalue weighted by Crippen LogP contribution is 2.27. The van der Waals surface area contributed by atoms with Crippen LogP contribution in [0.5, 0.6) is 5.75 Å². The van der Waals surface area contributed by atoms with Gasteiger partial charge in [0.2, 0.25) is 5.89 Å². The Kier molecular flexibility index (Phi) is 6.06. The maximum Gasteiger partial charge on any atom is 0.307 e. The van der Waals surface area contributed by atoms with Crippen LogP contribution >= 0.6 is 0 Å². The maximum absolute atomic E-state index is 10.8. The summed E-state index contributed by atoms with van der Waals surface area (Å²) in [6.45, 7) is 8.90. The van der Waals surface area contributed by atoms with Gasteiger partial charge in [0.25, 0.3) is 0 Å². The van der Waals surface area contributed by atoms with E-state index in [9.17, 15) is 4.79 Å². The molecule has 0 saturated heterocycles. The quantitative estimate of drug-likeness (QED) is 0.597. The van der Waals surface area contributed by atoms with Gasteiger partial charge in [-0.2, -0.15) is 0 Å². The lowest BCUT2D eigenvalue weighted by molar-refractivity contribution is -0.136. The van der Waals surface area contributed by atoms with E-state index in [0.717, 1.165) is 17.0 Å². The zero-order chi connectivity index (χ0) is 21.0. The Balaban J connectivity index is 1.63. The number of carboxylic acids is 1. The van der Waals surface area contributed by atoms with Gasteiger partial charge in [0.15, 0.2) is 0 Å². The van der Waals surface area contributed by atoms with Gasteiger partial charge in [-0.25, -0.2) is 4.98 Å². The molecule has 0 amide bonds. The Morgan fingerprint density at radius 2 is 1.86 bits per heavy atom. The molecular formula is C24H27NO4. The maximum atomic E-state index is 10.8. The Morgan fingerprint density at radius 3 is 2.52 bits per heavy atom. The first-order valence-corrected chi connectivity index (χ1v) is 9.73. The number of aliphatic carboxylic acids is 1. The number of hydrogen-bond donors (Lipinski definition) is 1. The van der Waals surface area contributed by atoms with Crippen molar-refractivity contribution in [1.29, 1.82) is 0 Å². The number of nitrogens with zero attached hydrogens (tertiary/aromatic N) is 1. The van der Waals surface area contributed by atoms with Crippen LogP contribution in [0, 0.1) is 6.92 Å². The van der Waals surface area contributed by atoms with Crippen LogP contribution < -0.4 is 4.74 Å². The van der Waals surface area contributed by atoms with Crippen molar-refractivity contribution in [1.82, 2.24) is 4.98 Å². The number of hydrogen-bond acceptors (Lipinski definition) is 4. The molecule has 1 N–H and O–H groups in total. The second-order valence-corrected chi connectivity index (χ2v) is 8.17. The van der Waals surface area contributed by atoms with E-state index < -0.39 is 5.97 Å². The van der Waals surface area contributed by atoms with Gasteiger partial charge in [0.1, 0.15) is 11.5 Å². The van der Waals surface area contributed by atoms with Gasteiger partial charge in [0.05, 0.1) is 18.7 Å². The fourth-order valence-electron chi connectivity index (χ4n) is 3.08. The standard InChI is InChI=1S/C24H27NO4/c1-16-21(12-13-28-20-7-5-6-17(14-20)15-22(26)27)25-23(29-16)18-8-10-19(11-9-18)24(2,3)4/h5-11,14H,12-13,15H2,1-4H3,(H,26,27). The van der Waals surface area contributed by atoms with Gasteiger partial charge < -0.3 is 14.3 Å². The summed E-state index contributed by atoms with van der Waals surface area (Å²) in [6.07, 6.45) is 0.593. The number of rotatable bonds is 7. The monoisotopic (exact) mass is 393 g/mol. The Morgan fingerprint density at radius 1 is 1.14 bits per heavy atom. The molecule has 3 aromatic rings. The second-order valence-electron chi connectivity index (χ2n) is 8.17. The number of aryl methyl sites for hydroxylation is 1. The number of carbonyl (C=O) groups is 1. The highest BCUT2D eigenvalue weighted by Gasteiger charge is 2.15. The number of carboxylic acid groups (broad SMARTS) is 1. The summed E-state index contributed by atoms with van der Waals surface area (Å²) in [6, 6.07) is 15.5. The van der Waals surface area contributed by atoms with E-state index in [1.807, 2.05) is 25.1 Å². The lowest BCUT2D eigenvalue weighted by atomic mass is 9.87. The highest BCUT2D eigenvalue weighted by atomic mass is 16.5. The predicted octanol–water partition coefficient (Wildman–Crippen LogP) is 5.20. The van der Waals surface area contributed by atoms with E-state index in [1.54, 1.807) is 18.2 Å². The molecule has 0 aliphatic heterocycles. The molecule has 0 unspecified atom stereocenters. The molecule has 152 valence electrons. The number of benzene rings is 2. The Hall–Kier alpha value is -3.08. The van der Waals surface area contributed by atoms with Crippen LogP contribution in [0.3, 0.4) is 0 Å². The molecule has 0 fully saturated rings. The fraction of sp³-hybridized carbons (Fsp3) is 0.333. The normalized spacial score (nSPS) is 11.4. The number of ether oxygens (including phenoxy) is 1. The Labute approximate surface area is 171 Å². The average molecular weight is 393 g/mol. The SMILES string of the molecule is Cc1oc(-c2ccc(C(C)(C)C)cc2)nc1CCOc1cccc(CC(=O)O)c1. The molecule has 1 aromatic heterocycles. The van der Waals surface area contributed by atoms with E-state index in [-0.39, 0.29) is 11.8 Å². The van der Waals surface area contributed by atoms with Crippen molar-refractivity contribution in [2.45, 2.75) is 46.0 Å². The first kappa shape index (κ1) is 20.6. The van der Waals surface area contributed by atoms with Gasteiger partial charge in [-0.15, -0.1) is 0 Å². The van der Waals surface area contributed by atoms with Crippen LogP contribution in [0.1, 0.15) is 43.4 Å². The van der Waals surface area contributed by atoms with Crippen LogP contribution in [0.25, 0.3) is 11.5 Å². The van der Waals surface area contributed by atoms with Crippen LogP contribution in [0.15, 0.2) is 52.9 Å². The summed E-state index contributed by atoms with van der Waals surface area (Å²) < 4.78 is 11.6. The highest BCUT2D eigenvalue weighted by molar-refractivity contribution is 5.70. The van der Waals surface area contributed by atoms with Crippen molar-refractivity contribution in [2.24, 2.45) is 0 Å². The third-order valence-corrected chi connectivity index (χ3v) is 4.75. The topological polar surface area (TPSA) is 72.6 Å². The molecule has 2 aromatic carbocycles. The molecule has 0 spiro atoms. The van der Waals surface area contributed by atoms with E-state index in [1.165, 1.54) is 5.56 Å². The summed E-state index contributed by atoms with van der Waals surface area (Å²) in [7, 11) is 0. The molecule has 3 rings (SSSR count). The van der Waals surface area contributed by atoms with Crippen LogP contribution in [0.4, 0.5) is 0 Å². The molecule has 0 aliphatic carbocycles. The summed E-state index contributed by atoms with van der Waals surface area (Å²) in [4.78, 5) is 15.5. The third kappa shape index (κ3) is 5.47. The van der Waals surface area contributed by atoms with Crippen LogP contribution in [-0.4, -0.2) is 22.7 Å². The van der Waals surface area contributed by atoms with Crippen molar-refractivity contribution >= 4 is 5.97 Å². The molecule has 5 heteroatoms. The smallest absolute Gasteiger partial charge is 0.307 e. The molecule has 0 atom stereocenters. The van der Waals surface area contributed by atoms with Crippen molar-refractivity contribution < 1.29 is 19.1 Å². The molecule has 0 saturated carbocycles. The summed E-state index contributed by atoms with van der Waals surface area (Å²) in [5, 5.41) is 8.90. The zero-order valence-electron chi connectivity index (χ0n) is 17.4. The minimum atomic E-state index is -0.858. The largest absolute Gasteiger partial charge is 0.493 e. The molecule has 0 radical (unpaired) electrons. The van der Waals surface area contributed by atoms with E-state index in [0.29, 0.717) is 30.2 Å². The van der Waals surface area contributed by atoms with Crippen molar-refractivity contribution in [3.63, 3.8) is 0 Å². The van der Waals surface area contributed by atoms with Crippen molar-refractivity contribution in [3.05, 3.63) is 71.1 Å². The lowest BCUT2D eigenvalue weighted by Gasteiger charge is -2.18. The second kappa shape index (κ2) is 8.52. The molecular weight excluding hydrogens is 366 g/mol. The summed E-state index contributed by atoms with van der Waals surface area (Å²) in [5.74, 6) is 1.19. The molecule has 5 nitrogen and oxygen atoms in total. The van der Waals surface area contributed by atoms with Gasteiger partial charge in [0, 0.05) is 12.0 Å². The number of aromatic nitrogens is 1. The fourth-order valence-corrected chi connectivity index (χ4v) is 3.08. The Bertz CT molecular complexity index is 981. The minimum absolute atomic E-state index is 0.0169. The average Bonchev–Trinajstić information content (AvgIpc) is 3.02. The first-order chi connectivity index (χ1) is 13.7. The third-order valence-electron chi connectivity index (χ3n) is 4.75. The van der Waals surface area contributed by atoms with E-state index in [4.69, 9.17) is 14.3 Å². The molecule has 1 heterocycles. The molecule has 0 bridgehead atoms. The van der Waals surface area contributed by atoms with Crippen LogP contribution in [0.2, 0.25) is 0 Å². The summed E-state index contributed by atoms with van der Waals surface area (Å²) >= 11 is 0. The predicted molar refractivity (Wildman–Crippen MR) is 112 cm³/mol. The summed E-state index contributed by atoms with van der Waals surface area (Å²) in [5.41, 5.74) is 3.91. The lowest BCUT2D eigenvalue weighted by Crippen LogP contribution is -2.10. The van der Waals surface area contributed by atoms with E-state index >= 15 is 0 Å². The minimum Gasteiger partial charge on any atom is -0.493 e. The molecule has 0 aliphatic rings. The van der Waals surface area contributed by atoms with Crippen molar-refractivity contribution in [2.75, 3.05) is 6.61 Å². The van der Waals surface area contributed by atoms with Crippen LogP contribution in [-0.2, 0) is 23.1 Å². The zero-order valence-corrected chi connectivity index (χ0v) is 17.4. The van der Waals surface area contributed by atoms with E-state index in [2.05, 4.69) is 37.9 Å². The van der Waals surface area contributed by atoms with Gasteiger partial charge in [-0.1, -0.05) is 45.0 Å². The van der Waals surface area contributed by atoms with Gasteiger partial charge >= 0.3 is 5.97 Å². The first-order valence-electron chi connectivity index (χ1n) is 9.73. The van der Waals surface area contributed by atoms with Gasteiger partial charge in [-0.3, -0.25) is 4.79 Å². The van der Waals surface area contributed by atoms with Crippen molar-refractivity contribution in [3.8, 4) is 17.2 Å². The number of oxazole rings is 1. The molecule has 29 heavy (non-hydrogen) atoms. The van der Waals surface area contributed by atoms with Gasteiger partial charge in [-0.05, 0) is 47.7 Å².